The molecule has 0 saturated carbocycles. The first-order valence-electron chi connectivity index (χ1n) is 9.91. The van der Waals surface area contributed by atoms with Crippen LogP contribution in [-0.4, -0.2) is 26.0 Å². The van der Waals surface area contributed by atoms with Crippen LogP contribution in [0.4, 0.5) is 24.5 Å². The van der Waals surface area contributed by atoms with E-state index in [9.17, 15) is 22.8 Å². The first kappa shape index (κ1) is 24.4. The second-order valence-electron chi connectivity index (χ2n) is 7.01. The highest BCUT2D eigenvalue weighted by molar-refractivity contribution is 6.06. The van der Waals surface area contributed by atoms with Crippen LogP contribution in [-0.2, 0) is 12.6 Å². The number of rotatable bonds is 8. The topological polar surface area (TPSA) is 89.8 Å². The molecule has 0 fully saturated rings. The van der Waals surface area contributed by atoms with Gasteiger partial charge in [-0.15, -0.1) is 6.58 Å². The first-order chi connectivity index (χ1) is 16.2. The van der Waals surface area contributed by atoms with E-state index in [1.165, 1.54) is 50.8 Å². The molecule has 2 aromatic carbocycles. The van der Waals surface area contributed by atoms with Gasteiger partial charge in [-0.1, -0.05) is 6.08 Å². The molecule has 1 aromatic heterocycles. The van der Waals surface area contributed by atoms with Gasteiger partial charge in [0.15, 0.2) is 17.3 Å². The molecule has 178 valence electrons. The largest absolute Gasteiger partial charge is 0.493 e. The van der Waals surface area contributed by atoms with E-state index in [-0.39, 0.29) is 22.8 Å². The van der Waals surface area contributed by atoms with Crippen LogP contribution in [0.25, 0.3) is 0 Å². The molecule has 2 N–H and O–H groups in total. The highest BCUT2D eigenvalue weighted by Crippen LogP contribution is 2.38. The molecule has 0 aliphatic heterocycles. The summed E-state index contributed by atoms with van der Waals surface area (Å²) in [5, 5.41) is 4.62. The minimum absolute atomic E-state index is 0.0604. The maximum Gasteiger partial charge on any atom is 0.418 e. The van der Waals surface area contributed by atoms with E-state index < -0.39 is 29.2 Å². The van der Waals surface area contributed by atoms with Crippen molar-refractivity contribution >= 4 is 23.2 Å². The predicted molar refractivity (Wildman–Crippen MR) is 120 cm³/mol. The lowest BCUT2D eigenvalue weighted by atomic mass is 10.0. The van der Waals surface area contributed by atoms with Gasteiger partial charge >= 0.3 is 6.18 Å². The Labute approximate surface area is 193 Å². The van der Waals surface area contributed by atoms with E-state index >= 15 is 0 Å². The van der Waals surface area contributed by atoms with Gasteiger partial charge in [-0.25, -0.2) is 0 Å². The summed E-state index contributed by atoms with van der Waals surface area (Å²) in [6, 6.07) is 8.73. The SMILES string of the molecule is C=CCc1cc(C(=O)Nc2ccc(NC(=O)c3ccco3)cc2C(F)(F)F)cc(OC)c1OC. The van der Waals surface area contributed by atoms with Crippen molar-refractivity contribution in [2.24, 2.45) is 0 Å². The van der Waals surface area contributed by atoms with Crippen LogP contribution >= 0.6 is 0 Å². The van der Waals surface area contributed by atoms with Crippen molar-refractivity contribution < 1.29 is 36.7 Å². The summed E-state index contributed by atoms with van der Waals surface area (Å²) in [4.78, 5) is 24.9. The van der Waals surface area contributed by atoms with Crippen LogP contribution in [0.15, 0.2) is 65.8 Å². The third kappa shape index (κ3) is 5.40. The number of methoxy groups -OCH3 is 2. The number of hydrogen-bond donors (Lipinski definition) is 2. The Morgan fingerprint density at radius 3 is 2.41 bits per heavy atom. The fourth-order valence-corrected chi connectivity index (χ4v) is 3.24. The van der Waals surface area contributed by atoms with E-state index in [0.29, 0.717) is 17.7 Å². The fraction of sp³-hybridized carbons (Fsp3) is 0.167. The summed E-state index contributed by atoms with van der Waals surface area (Å²) in [5.41, 5.74) is -1.09. The van der Waals surface area contributed by atoms with Crippen molar-refractivity contribution in [1.82, 2.24) is 0 Å². The lowest BCUT2D eigenvalue weighted by Crippen LogP contribution is -2.18. The van der Waals surface area contributed by atoms with Crippen molar-refractivity contribution in [3.8, 4) is 11.5 Å². The second kappa shape index (κ2) is 10.2. The standard InChI is InChI=1S/C24H21F3N2O5/c1-4-6-14-11-15(12-20(32-2)21(14)33-3)22(30)29-18-9-8-16(13-17(18)24(25,26)27)28-23(31)19-7-5-10-34-19/h4-5,7-13H,1,6H2,2-3H3,(H,28,31)(H,29,30). The van der Waals surface area contributed by atoms with Gasteiger partial charge in [0.05, 0.1) is 31.7 Å². The van der Waals surface area contributed by atoms with Crippen LogP contribution < -0.4 is 20.1 Å². The number of anilines is 2. The van der Waals surface area contributed by atoms with Gasteiger partial charge in [0.1, 0.15) is 0 Å². The zero-order valence-electron chi connectivity index (χ0n) is 18.3. The number of furan rings is 1. The number of amides is 2. The number of carbonyl (C=O) groups is 2. The highest BCUT2D eigenvalue weighted by Gasteiger charge is 2.34. The van der Waals surface area contributed by atoms with Gasteiger partial charge in [0.2, 0.25) is 0 Å². The quantitative estimate of drug-likeness (QED) is 0.418. The molecule has 0 radical (unpaired) electrons. The van der Waals surface area contributed by atoms with Gasteiger partial charge in [-0.2, -0.15) is 13.2 Å². The first-order valence-corrected chi connectivity index (χ1v) is 9.91. The Bertz CT molecular complexity index is 1200. The molecule has 10 heteroatoms. The number of hydrogen-bond acceptors (Lipinski definition) is 5. The van der Waals surface area contributed by atoms with E-state index in [4.69, 9.17) is 13.9 Å². The van der Waals surface area contributed by atoms with Crippen LogP contribution in [0, 0.1) is 0 Å². The Morgan fingerprint density at radius 2 is 1.82 bits per heavy atom. The molecule has 0 spiro atoms. The van der Waals surface area contributed by atoms with E-state index in [0.717, 1.165) is 12.1 Å². The van der Waals surface area contributed by atoms with Gasteiger partial charge in [-0.05, 0) is 48.9 Å². The maximum absolute atomic E-state index is 13.7. The summed E-state index contributed by atoms with van der Waals surface area (Å²) in [6.45, 7) is 3.65. The molecule has 3 rings (SSSR count). The van der Waals surface area contributed by atoms with Crippen molar-refractivity contribution in [3.63, 3.8) is 0 Å². The molecule has 2 amide bonds. The molecule has 34 heavy (non-hydrogen) atoms. The molecular weight excluding hydrogens is 453 g/mol. The molecule has 1 heterocycles. The zero-order valence-corrected chi connectivity index (χ0v) is 18.3. The second-order valence-corrected chi connectivity index (χ2v) is 7.01. The van der Waals surface area contributed by atoms with Crippen LogP contribution in [0.1, 0.15) is 32.0 Å². The molecule has 7 nitrogen and oxygen atoms in total. The summed E-state index contributed by atoms with van der Waals surface area (Å²) in [5.74, 6) is -0.917. The highest BCUT2D eigenvalue weighted by atomic mass is 19.4. The normalized spacial score (nSPS) is 11.0. The molecule has 3 aromatic rings. The molecule has 0 saturated heterocycles. The van der Waals surface area contributed by atoms with Gasteiger partial charge in [0.25, 0.3) is 11.8 Å². The third-order valence-electron chi connectivity index (χ3n) is 4.76. The lowest BCUT2D eigenvalue weighted by Gasteiger charge is -2.17. The Hall–Kier alpha value is -4.21. The molecule has 0 atom stereocenters. The molecule has 0 aliphatic rings. The number of benzene rings is 2. The van der Waals surface area contributed by atoms with Crippen molar-refractivity contribution in [2.75, 3.05) is 24.9 Å². The Morgan fingerprint density at radius 1 is 1.06 bits per heavy atom. The number of nitrogens with one attached hydrogen (secondary N) is 2. The van der Waals surface area contributed by atoms with Crippen LogP contribution in [0.5, 0.6) is 11.5 Å². The fourth-order valence-electron chi connectivity index (χ4n) is 3.24. The van der Waals surface area contributed by atoms with E-state index in [1.54, 1.807) is 6.08 Å². The Balaban J connectivity index is 1.92. The maximum atomic E-state index is 13.7. The number of carbonyl (C=O) groups excluding carboxylic acids is 2. The van der Waals surface area contributed by atoms with Crippen molar-refractivity contribution in [2.45, 2.75) is 12.6 Å². The minimum Gasteiger partial charge on any atom is -0.493 e. The molecule has 0 bridgehead atoms. The lowest BCUT2D eigenvalue weighted by molar-refractivity contribution is -0.136. The minimum atomic E-state index is -4.81. The Kier molecular flexibility index (Phi) is 7.30. The number of allylic oxidation sites excluding steroid dienone is 1. The van der Waals surface area contributed by atoms with Crippen molar-refractivity contribution in [1.29, 1.82) is 0 Å². The number of ether oxygens (including phenoxy) is 2. The number of alkyl halides is 3. The van der Waals surface area contributed by atoms with Crippen LogP contribution in [0.2, 0.25) is 0 Å². The summed E-state index contributed by atoms with van der Waals surface area (Å²) in [6.07, 6.45) is -1.60. The van der Waals surface area contributed by atoms with Crippen LogP contribution in [0.3, 0.4) is 0 Å². The summed E-state index contributed by atoms with van der Waals surface area (Å²) in [7, 11) is 2.82. The molecular formula is C24H21F3N2O5. The van der Waals surface area contributed by atoms with E-state index in [2.05, 4.69) is 17.2 Å². The van der Waals surface area contributed by atoms with Gasteiger partial charge < -0.3 is 24.5 Å². The average molecular weight is 474 g/mol. The smallest absolute Gasteiger partial charge is 0.418 e. The predicted octanol–water partition coefficient (Wildman–Crippen LogP) is 5.55. The van der Waals surface area contributed by atoms with Gasteiger partial charge in [0, 0.05) is 16.8 Å². The zero-order chi connectivity index (χ0) is 24.9. The number of halogens is 3. The third-order valence-corrected chi connectivity index (χ3v) is 4.76. The van der Waals surface area contributed by atoms with Crippen molar-refractivity contribution in [3.05, 3.63) is 83.8 Å². The van der Waals surface area contributed by atoms with E-state index in [1.807, 2.05) is 0 Å². The average Bonchev–Trinajstić information content (AvgIpc) is 3.34. The monoisotopic (exact) mass is 474 g/mol. The summed E-state index contributed by atoms with van der Waals surface area (Å²) < 4.78 is 56.7. The molecule has 0 unspecified atom stereocenters. The summed E-state index contributed by atoms with van der Waals surface area (Å²) >= 11 is 0. The molecule has 0 aliphatic carbocycles. The van der Waals surface area contributed by atoms with Gasteiger partial charge in [-0.3, -0.25) is 9.59 Å².